The minimum atomic E-state index is -0.314. The van der Waals surface area contributed by atoms with Gasteiger partial charge in [0, 0.05) is 16.6 Å². The van der Waals surface area contributed by atoms with Crippen LogP contribution in [0.15, 0.2) is 18.2 Å². The van der Waals surface area contributed by atoms with E-state index in [0.717, 1.165) is 6.42 Å². The summed E-state index contributed by atoms with van der Waals surface area (Å²) in [5.74, 6) is 0.144. The van der Waals surface area contributed by atoms with E-state index in [0.29, 0.717) is 16.5 Å². The lowest BCUT2D eigenvalue weighted by atomic mass is 9.97. The highest BCUT2D eigenvalue weighted by molar-refractivity contribution is 6.30. The van der Waals surface area contributed by atoms with Crippen molar-refractivity contribution < 1.29 is 4.39 Å². The molecule has 2 N–H and O–H groups in total. The van der Waals surface area contributed by atoms with Gasteiger partial charge in [0.15, 0.2) is 0 Å². The highest BCUT2D eigenvalue weighted by atomic mass is 35.5. The molecular formula is C11H15ClFN. The van der Waals surface area contributed by atoms with E-state index in [4.69, 9.17) is 17.3 Å². The first-order chi connectivity index (χ1) is 6.50. The van der Waals surface area contributed by atoms with Crippen molar-refractivity contribution in [3.05, 3.63) is 34.6 Å². The van der Waals surface area contributed by atoms with E-state index in [2.05, 4.69) is 13.8 Å². The zero-order valence-corrected chi connectivity index (χ0v) is 9.18. The maximum Gasteiger partial charge on any atom is 0.129 e. The highest BCUT2D eigenvalue weighted by Crippen LogP contribution is 2.23. The minimum Gasteiger partial charge on any atom is -0.324 e. The fourth-order valence-electron chi connectivity index (χ4n) is 1.44. The Bertz CT molecular complexity index is 312. The predicted octanol–water partition coefficient (Wildman–Crippen LogP) is 3.53. The minimum absolute atomic E-state index is 0.243. The summed E-state index contributed by atoms with van der Waals surface area (Å²) in [6, 6.07) is 4.38. The monoisotopic (exact) mass is 215 g/mol. The van der Waals surface area contributed by atoms with E-state index in [1.54, 1.807) is 12.1 Å². The molecule has 1 aromatic rings. The molecule has 0 fully saturated rings. The maximum absolute atomic E-state index is 13.4. The molecule has 0 aliphatic rings. The lowest BCUT2D eigenvalue weighted by Gasteiger charge is -2.15. The van der Waals surface area contributed by atoms with Crippen LogP contribution < -0.4 is 5.73 Å². The van der Waals surface area contributed by atoms with Crippen LogP contribution >= 0.6 is 11.6 Å². The molecule has 0 bridgehead atoms. The number of benzene rings is 1. The Labute approximate surface area is 89.1 Å². The zero-order chi connectivity index (χ0) is 10.7. The molecule has 1 atom stereocenters. The molecule has 0 heterocycles. The number of halogens is 2. The fraction of sp³-hybridized carbons (Fsp3) is 0.455. The van der Waals surface area contributed by atoms with Crippen LogP contribution in [0.3, 0.4) is 0 Å². The molecule has 3 heteroatoms. The van der Waals surface area contributed by atoms with Crippen LogP contribution in [0.25, 0.3) is 0 Å². The van der Waals surface area contributed by atoms with E-state index >= 15 is 0 Å². The van der Waals surface area contributed by atoms with Gasteiger partial charge < -0.3 is 5.73 Å². The van der Waals surface area contributed by atoms with Gasteiger partial charge in [0.2, 0.25) is 0 Å². The Morgan fingerprint density at radius 2 is 2.07 bits per heavy atom. The lowest BCUT2D eigenvalue weighted by molar-refractivity contribution is 0.489. The summed E-state index contributed by atoms with van der Waals surface area (Å²) in [4.78, 5) is 0. The van der Waals surface area contributed by atoms with Crippen molar-refractivity contribution in [1.29, 1.82) is 0 Å². The van der Waals surface area contributed by atoms with Crippen LogP contribution in [-0.4, -0.2) is 0 Å². The van der Waals surface area contributed by atoms with Gasteiger partial charge in [-0.05, 0) is 24.5 Å². The number of hydrogen-bond donors (Lipinski definition) is 1. The maximum atomic E-state index is 13.4. The Morgan fingerprint density at radius 3 is 2.57 bits per heavy atom. The van der Waals surface area contributed by atoms with Gasteiger partial charge in [0.25, 0.3) is 0 Å². The average Bonchev–Trinajstić information content (AvgIpc) is 2.01. The summed E-state index contributed by atoms with van der Waals surface area (Å²) in [5.41, 5.74) is 6.41. The van der Waals surface area contributed by atoms with Crippen molar-refractivity contribution >= 4 is 11.6 Å². The number of rotatable bonds is 3. The third-order valence-corrected chi connectivity index (χ3v) is 2.32. The molecule has 1 nitrogen and oxygen atoms in total. The third kappa shape index (κ3) is 2.96. The molecule has 0 aromatic heterocycles. The lowest BCUT2D eigenvalue weighted by Crippen LogP contribution is -2.14. The Hall–Kier alpha value is -0.600. The zero-order valence-electron chi connectivity index (χ0n) is 8.43. The number of nitrogens with two attached hydrogens (primary N) is 1. The van der Waals surface area contributed by atoms with Crippen LogP contribution in [-0.2, 0) is 0 Å². The summed E-state index contributed by atoms with van der Waals surface area (Å²) in [6.45, 7) is 4.13. The van der Waals surface area contributed by atoms with Crippen LogP contribution in [0.1, 0.15) is 31.9 Å². The first-order valence-electron chi connectivity index (χ1n) is 4.71. The molecule has 0 saturated carbocycles. The summed E-state index contributed by atoms with van der Waals surface area (Å²) in [7, 11) is 0. The normalized spacial score (nSPS) is 13.3. The van der Waals surface area contributed by atoms with Crippen molar-refractivity contribution in [2.45, 2.75) is 26.3 Å². The molecule has 78 valence electrons. The fourth-order valence-corrected chi connectivity index (χ4v) is 1.60. The van der Waals surface area contributed by atoms with E-state index in [-0.39, 0.29) is 11.9 Å². The van der Waals surface area contributed by atoms with Gasteiger partial charge in [-0.25, -0.2) is 4.39 Å². The molecule has 1 aromatic carbocycles. The molecule has 1 unspecified atom stereocenters. The highest BCUT2D eigenvalue weighted by Gasteiger charge is 2.12. The van der Waals surface area contributed by atoms with Crippen molar-refractivity contribution in [1.82, 2.24) is 0 Å². The topological polar surface area (TPSA) is 26.0 Å². The van der Waals surface area contributed by atoms with Crippen LogP contribution in [0.4, 0.5) is 4.39 Å². The Balaban J connectivity index is 2.84. The molecule has 0 aliphatic carbocycles. The molecule has 0 radical (unpaired) electrons. The van der Waals surface area contributed by atoms with Gasteiger partial charge in [0.05, 0.1) is 0 Å². The van der Waals surface area contributed by atoms with Crippen molar-refractivity contribution in [2.75, 3.05) is 0 Å². The largest absolute Gasteiger partial charge is 0.324 e. The van der Waals surface area contributed by atoms with Gasteiger partial charge in [-0.3, -0.25) is 0 Å². The van der Waals surface area contributed by atoms with Crippen molar-refractivity contribution in [2.24, 2.45) is 11.7 Å². The van der Waals surface area contributed by atoms with Crippen LogP contribution in [0, 0.1) is 11.7 Å². The Morgan fingerprint density at radius 1 is 1.43 bits per heavy atom. The van der Waals surface area contributed by atoms with Gasteiger partial charge in [-0.2, -0.15) is 0 Å². The molecule has 1 rings (SSSR count). The summed E-state index contributed by atoms with van der Waals surface area (Å²) in [5, 5.41) is 0.406. The van der Waals surface area contributed by atoms with Gasteiger partial charge >= 0.3 is 0 Å². The smallest absolute Gasteiger partial charge is 0.129 e. The first-order valence-corrected chi connectivity index (χ1v) is 5.09. The van der Waals surface area contributed by atoms with E-state index < -0.39 is 0 Å². The van der Waals surface area contributed by atoms with E-state index in [1.807, 2.05) is 0 Å². The second-order valence-corrected chi connectivity index (χ2v) is 4.34. The number of hydrogen-bond acceptors (Lipinski definition) is 1. The van der Waals surface area contributed by atoms with Gasteiger partial charge in [-0.1, -0.05) is 31.5 Å². The first kappa shape index (κ1) is 11.5. The molecule has 0 spiro atoms. The van der Waals surface area contributed by atoms with E-state index in [9.17, 15) is 4.39 Å². The van der Waals surface area contributed by atoms with Gasteiger partial charge in [0.1, 0.15) is 5.82 Å². The van der Waals surface area contributed by atoms with E-state index in [1.165, 1.54) is 6.07 Å². The third-order valence-electron chi connectivity index (χ3n) is 2.09. The quantitative estimate of drug-likeness (QED) is 0.820. The van der Waals surface area contributed by atoms with Crippen LogP contribution in [0.5, 0.6) is 0 Å². The SMILES string of the molecule is CC(C)CC(N)c1ccc(Cl)cc1F. The molecule has 14 heavy (non-hydrogen) atoms. The molecule has 0 amide bonds. The second-order valence-electron chi connectivity index (χ2n) is 3.90. The summed E-state index contributed by atoms with van der Waals surface area (Å²) in [6.07, 6.45) is 0.776. The molecule has 0 saturated heterocycles. The standard InChI is InChI=1S/C11H15ClFN/c1-7(2)5-11(14)9-4-3-8(12)6-10(9)13/h3-4,6-7,11H,5,14H2,1-2H3. The average molecular weight is 216 g/mol. The van der Waals surface area contributed by atoms with Crippen LogP contribution in [0.2, 0.25) is 5.02 Å². The second kappa shape index (κ2) is 4.76. The summed E-state index contributed by atoms with van der Waals surface area (Å²) < 4.78 is 13.4. The molecule has 0 aliphatic heterocycles. The predicted molar refractivity (Wildman–Crippen MR) is 57.8 cm³/mol. The molecular weight excluding hydrogens is 201 g/mol. The van der Waals surface area contributed by atoms with Gasteiger partial charge in [-0.15, -0.1) is 0 Å². The van der Waals surface area contributed by atoms with Crippen molar-refractivity contribution in [3.63, 3.8) is 0 Å². The summed E-state index contributed by atoms with van der Waals surface area (Å²) >= 11 is 5.65. The Kier molecular flexibility index (Phi) is 3.90. The van der Waals surface area contributed by atoms with Crippen molar-refractivity contribution in [3.8, 4) is 0 Å².